The van der Waals surface area contributed by atoms with Crippen LogP contribution in [0.5, 0.6) is 5.75 Å². The van der Waals surface area contributed by atoms with E-state index in [4.69, 9.17) is 4.74 Å². The predicted octanol–water partition coefficient (Wildman–Crippen LogP) is 4.52. The molecular formula is C22H17FN2O3S. The third kappa shape index (κ3) is 3.69. The van der Waals surface area contributed by atoms with E-state index < -0.39 is 15.7 Å². The quantitative estimate of drug-likeness (QED) is 0.497. The highest BCUT2D eigenvalue weighted by molar-refractivity contribution is 7.90. The lowest BCUT2D eigenvalue weighted by molar-refractivity contribution is 0.387. The Bertz CT molecular complexity index is 1310. The van der Waals surface area contributed by atoms with Gasteiger partial charge in [-0.2, -0.15) is 0 Å². The van der Waals surface area contributed by atoms with Crippen molar-refractivity contribution in [1.82, 2.24) is 9.97 Å². The summed E-state index contributed by atoms with van der Waals surface area (Å²) in [6.07, 6.45) is 2.83. The lowest BCUT2D eigenvalue weighted by atomic mass is 10.0. The summed E-state index contributed by atoms with van der Waals surface area (Å²) in [6, 6.07) is 16.8. The summed E-state index contributed by atoms with van der Waals surface area (Å²) in [5.41, 5.74) is 3.30. The van der Waals surface area contributed by atoms with Crippen molar-refractivity contribution in [3.8, 4) is 28.3 Å². The van der Waals surface area contributed by atoms with Gasteiger partial charge in [0, 0.05) is 35.0 Å². The molecule has 7 heteroatoms. The number of aromatic nitrogens is 2. The number of fused-ring (bicyclic) bond motifs is 1. The van der Waals surface area contributed by atoms with Crippen LogP contribution in [0.25, 0.3) is 33.4 Å². The lowest BCUT2D eigenvalue weighted by Crippen LogP contribution is -1.97. The van der Waals surface area contributed by atoms with E-state index in [2.05, 4.69) is 9.97 Å². The molecule has 0 unspecified atom stereocenters. The zero-order valence-corrected chi connectivity index (χ0v) is 16.6. The Morgan fingerprint density at radius 2 is 1.72 bits per heavy atom. The highest BCUT2D eigenvalue weighted by Gasteiger charge is 2.15. The van der Waals surface area contributed by atoms with E-state index in [-0.39, 0.29) is 10.6 Å². The van der Waals surface area contributed by atoms with Gasteiger partial charge in [-0.1, -0.05) is 18.2 Å². The highest BCUT2D eigenvalue weighted by atomic mass is 32.2. The molecule has 2 heterocycles. The molecule has 0 aliphatic heterocycles. The summed E-state index contributed by atoms with van der Waals surface area (Å²) < 4.78 is 42.9. The van der Waals surface area contributed by atoms with Crippen LogP contribution < -0.4 is 4.74 Å². The van der Waals surface area contributed by atoms with E-state index in [9.17, 15) is 12.8 Å². The third-order valence-corrected chi connectivity index (χ3v) is 5.73. The maximum absolute atomic E-state index is 14.4. The molecule has 0 aliphatic carbocycles. The molecule has 0 saturated heterocycles. The van der Waals surface area contributed by atoms with Gasteiger partial charge in [0.15, 0.2) is 21.4 Å². The van der Waals surface area contributed by atoms with Crippen LogP contribution in [0.1, 0.15) is 0 Å². The van der Waals surface area contributed by atoms with Gasteiger partial charge in [-0.25, -0.2) is 17.8 Å². The topological polar surface area (TPSA) is 69.2 Å². The second kappa shape index (κ2) is 7.25. The summed E-state index contributed by atoms with van der Waals surface area (Å²) in [5, 5.41) is 0.610. The molecule has 0 N–H and O–H groups in total. The molecule has 4 rings (SSSR count). The van der Waals surface area contributed by atoms with Crippen molar-refractivity contribution in [3.05, 3.63) is 72.7 Å². The average Bonchev–Trinajstić information content (AvgIpc) is 2.72. The van der Waals surface area contributed by atoms with Crippen LogP contribution in [0.2, 0.25) is 0 Å². The Morgan fingerprint density at radius 3 is 2.34 bits per heavy atom. The van der Waals surface area contributed by atoms with Gasteiger partial charge < -0.3 is 4.74 Å². The van der Waals surface area contributed by atoms with Crippen LogP contribution in [0.15, 0.2) is 71.8 Å². The molecule has 2 aromatic heterocycles. The Kier molecular flexibility index (Phi) is 4.76. The van der Waals surface area contributed by atoms with E-state index in [1.165, 1.54) is 13.2 Å². The van der Waals surface area contributed by atoms with Gasteiger partial charge in [0.2, 0.25) is 0 Å². The van der Waals surface area contributed by atoms with Gasteiger partial charge in [-0.05, 0) is 36.4 Å². The molecular weight excluding hydrogens is 391 g/mol. The van der Waals surface area contributed by atoms with Gasteiger partial charge in [0.25, 0.3) is 0 Å². The smallest absolute Gasteiger partial charge is 0.175 e. The van der Waals surface area contributed by atoms with Crippen LogP contribution >= 0.6 is 0 Å². The van der Waals surface area contributed by atoms with E-state index in [0.717, 1.165) is 17.4 Å². The summed E-state index contributed by atoms with van der Waals surface area (Å²) in [5.74, 6) is -0.384. The molecule has 29 heavy (non-hydrogen) atoms. The summed E-state index contributed by atoms with van der Waals surface area (Å²) in [7, 11) is -1.89. The Balaban J connectivity index is 1.97. The minimum atomic E-state index is -3.29. The highest BCUT2D eigenvalue weighted by Crippen LogP contribution is 2.34. The van der Waals surface area contributed by atoms with Crippen LogP contribution in [-0.4, -0.2) is 31.8 Å². The van der Waals surface area contributed by atoms with Gasteiger partial charge in [0.1, 0.15) is 0 Å². The number of benzene rings is 2. The SMILES string of the molecule is COc1cc2nc(-c3ccc(S(C)(=O)=O)cc3)cc(-c3ccccn3)c2cc1F. The molecule has 4 aromatic rings. The second-order valence-corrected chi connectivity index (χ2v) is 8.59. The van der Waals surface area contributed by atoms with Crippen molar-refractivity contribution in [3.63, 3.8) is 0 Å². The zero-order valence-electron chi connectivity index (χ0n) is 15.8. The molecule has 0 amide bonds. The van der Waals surface area contributed by atoms with Gasteiger partial charge in [-0.3, -0.25) is 4.98 Å². The standard InChI is InChI=1S/C22H17FN2O3S/c1-28-22-13-21-16(11-18(22)23)17(19-5-3-4-10-24-19)12-20(25-21)14-6-8-15(9-7-14)29(2,26)27/h3-13H,1-2H3. The number of ether oxygens (including phenoxy) is 1. The van der Waals surface area contributed by atoms with Crippen molar-refractivity contribution in [2.75, 3.05) is 13.4 Å². The van der Waals surface area contributed by atoms with E-state index >= 15 is 0 Å². The lowest BCUT2D eigenvalue weighted by Gasteiger charge is -2.12. The zero-order chi connectivity index (χ0) is 20.6. The van der Waals surface area contributed by atoms with E-state index in [0.29, 0.717) is 22.3 Å². The summed E-state index contributed by atoms with van der Waals surface area (Å²) >= 11 is 0. The van der Waals surface area contributed by atoms with Crippen molar-refractivity contribution in [1.29, 1.82) is 0 Å². The number of methoxy groups -OCH3 is 1. The average molecular weight is 408 g/mol. The Hall–Kier alpha value is -3.32. The van der Waals surface area contributed by atoms with Crippen LogP contribution in [-0.2, 0) is 9.84 Å². The van der Waals surface area contributed by atoms with Crippen LogP contribution in [0, 0.1) is 5.82 Å². The first-order valence-corrected chi connectivity index (χ1v) is 10.7. The van der Waals surface area contributed by atoms with Crippen molar-refractivity contribution in [2.45, 2.75) is 4.90 Å². The second-order valence-electron chi connectivity index (χ2n) is 6.57. The molecule has 0 spiro atoms. The molecule has 0 bridgehead atoms. The molecule has 0 fully saturated rings. The maximum Gasteiger partial charge on any atom is 0.175 e. The number of sulfone groups is 1. The van der Waals surface area contributed by atoms with Gasteiger partial charge >= 0.3 is 0 Å². The predicted molar refractivity (Wildman–Crippen MR) is 110 cm³/mol. The summed E-state index contributed by atoms with van der Waals surface area (Å²) in [4.78, 5) is 9.27. The fraction of sp³-hybridized carbons (Fsp3) is 0.0909. The largest absolute Gasteiger partial charge is 0.494 e. The van der Waals surface area contributed by atoms with Crippen molar-refractivity contribution in [2.24, 2.45) is 0 Å². The normalized spacial score (nSPS) is 11.6. The molecule has 0 atom stereocenters. The number of rotatable bonds is 4. The Morgan fingerprint density at radius 1 is 0.966 bits per heavy atom. The minimum absolute atomic E-state index is 0.0987. The van der Waals surface area contributed by atoms with Gasteiger partial charge in [-0.15, -0.1) is 0 Å². The minimum Gasteiger partial charge on any atom is -0.494 e. The number of halogens is 1. The fourth-order valence-electron chi connectivity index (χ4n) is 3.14. The van der Waals surface area contributed by atoms with Crippen LogP contribution in [0.4, 0.5) is 4.39 Å². The molecule has 0 saturated carbocycles. The Labute approximate surface area is 167 Å². The first-order chi connectivity index (χ1) is 13.9. The van der Waals surface area contributed by atoms with Gasteiger partial charge in [0.05, 0.1) is 28.9 Å². The number of hydrogen-bond donors (Lipinski definition) is 0. The fourth-order valence-corrected chi connectivity index (χ4v) is 3.77. The molecule has 0 aliphatic rings. The summed E-state index contributed by atoms with van der Waals surface area (Å²) in [6.45, 7) is 0. The molecule has 2 aromatic carbocycles. The maximum atomic E-state index is 14.4. The number of hydrogen-bond acceptors (Lipinski definition) is 5. The van der Waals surface area contributed by atoms with Crippen molar-refractivity contribution >= 4 is 20.7 Å². The van der Waals surface area contributed by atoms with E-state index in [1.807, 2.05) is 18.2 Å². The monoisotopic (exact) mass is 408 g/mol. The van der Waals surface area contributed by atoms with Crippen LogP contribution in [0.3, 0.4) is 0 Å². The molecule has 146 valence electrons. The first kappa shape index (κ1) is 19.0. The number of nitrogens with zero attached hydrogens (tertiary/aromatic N) is 2. The van der Waals surface area contributed by atoms with Crippen molar-refractivity contribution < 1.29 is 17.5 Å². The third-order valence-electron chi connectivity index (χ3n) is 4.60. The van der Waals surface area contributed by atoms with E-state index in [1.54, 1.807) is 42.6 Å². The number of pyridine rings is 2. The first-order valence-electron chi connectivity index (χ1n) is 8.77. The molecule has 5 nitrogen and oxygen atoms in total. The molecule has 0 radical (unpaired) electrons.